The minimum atomic E-state index is -0.379. The zero-order valence-electron chi connectivity index (χ0n) is 11.5. The van der Waals surface area contributed by atoms with Gasteiger partial charge in [0.25, 0.3) is 0 Å². The molecule has 21 heavy (non-hydrogen) atoms. The van der Waals surface area contributed by atoms with Crippen molar-refractivity contribution >= 4 is 33.1 Å². The molecule has 1 aromatic carbocycles. The van der Waals surface area contributed by atoms with Crippen LogP contribution in [0.25, 0.3) is 0 Å². The summed E-state index contributed by atoms with van der Waals surface area (Å²) in [5, 5.41) is 11.3. The Balaban J connectivity index is 2.13. The predicted molar refractivity (Wildman–Crippen MR) is 85.1 cm³/mol. The third-order valence-electron chi connectivity index (χ3n) is 3.62. The van der Waals surface area contributed by atoms with Crippen LogP contribution in [0, 0.1) is 17.0 Å². The molecular formula is C15H14BrN3O2. The van der Waals surface area contributed by atoms with Gasteiger partial charge in [-0.1, -0.05) is 17.7 Å². The third-order valence-corrected chi connectivity index (χ3v) is 4.05. The Morgan fingerprint density at radius 2 is 2.19 bits per heavy atom. The quantitative estimate of drug-likeness (QED) is 0.604. The topological polar surface area (TPSA) is 59.3 Å². The molecule has 3 rings (SSSR count). The van der Waals surface area contributed by atoms with Crippen LogP contribution in [0.4, 0.5) is 17.2 Å². The molecule has 0 atom stereocenters. The van der Waals surface area contributed by atoms with Crippen molar-refractivity contribution in [3.05, 3.63) is 56.2 Å². The molecule has 0 radical (unpaired) electrons. The predicted octanol–water partition coefficient (Wildman–Crippen LogP) is 4.15. The van der Waals surface area contributed by atoms with E-state index in [-0.39, 0.29) is 10.6 Å². The summed E-state index contributed by atoms with van der Waals surface area (Å²) in [6, 6.07) is 7.70. The zero-order valence-corrected chi connectivity index (χ0v) is 13.1. The van der Waals surface area contributed by atoms with Gasteiger partial charge in [0.15, 0.2) is 0 Å². The molecule has 5 nitrogen and oxygen atoms in total. The van der Waals surface area contributed by atoms with Gasteiger partial charge in [0.2, 0.25) is 5.82 Å². The van der Waals surface area contributed by atoms with Crippen LogP contribution < -0.4 is 4.90 Å². The van der Waals surface area contributed by atoms with Gasteiger partial charge in [-0.05, 0) is 47.3 Å². The first kappa shape index (κ1) is 14.0. The molecule has 0 N–H and O–H groups in total. The lowest BCUT2D eigenvalue weighted by molar-refractivity contribution is -0.384. The average Bonchev–Trinajstić information content (AvgIpc) is 2.46. The second-order valence-corrected chi connectivity index (χ2v) is 6.06. The Labute approximate surface area is 130 Å². The number of nitrogens with zero attached hydrogens (tertiary/aromatic N) is 3. The summed E-state index contributed by atoms with van der Waals surface area (Å²) in [6.07, 6.45) is 3.56. The van der Waals surface area contributed by atoms with Crippen molar-refractivity contribution in [1.29, 1.82) is 0 Å². The highest BCUT2D eigenvalue weighted by Crippen LogP contribution is 2.38. The Hall–Kier alpha value is -1.95. The molecule has 0 fully saturated rings. The summed E-state index contributed by atoms with van der Waals surface area (Å²) in [4.78, 5) is 17.2. The summed E-state index contributed by atoms with van der Waals surface area (Å²) in [5.41, 5.74) is 3.47. The second kappa shape index (κ2) is 5.44. The first-order valence-corrected chi connectivity index (χ1v) is 7.52. The first-order chi connectivity index (χ1) is 10.1. The van der Waals surface area contributed by atoms with Crippen LogP contribution in [0.2, 0.25) is 0 Å². The molecule has 0 saturated heterocycles. The lowest BCUT2D eigenvalue weighted by Gasteiger charge is -2.30. The lowest BCUT2D eigenvalue weighted by atomic mass is 9.99. The molecule has 108 valence electrons. The van der Waals surface area contributed by atoms with Crippen molar-refractivity contribution in [2.75, 3.05) is 11.4 Å². The minimum Gasteiger partial charge on any atom is -0.320 e. The number of hydrogen-bond acceptors (Lipinski definition) is 4. The van der Waals surface area contributed by atoms with Gasteiger partial charge >= 0.3 is 5.69 Å². The number of aryl methyl sites for hydroxylation is 2. The molecule has 6 heteroatoms. The molecule has 0 aliphatic carbocycles. The average molecular weight is 348 g/mol. The molecule has 2 heterocycles. The van der Waals surface area contributed by atoms with Gasteiger partial charge in [-0.2, -0.15) is 0 Å². The zero-order chi connectivity index (χ0) is 15.0. The van der Waals surface area contributed by atoms with E-state index in [0.717, 1.165) is 25.1 Å². The van der Waals surface area contributed by atoms with Crippen molar-refractivity contribution in [2.45, 2.75) is 19.8 Å². The normalized spacial score (nSPS) is 13.9. The number of aromatic nitrogens is 1. The standard InChI is InChI=1S/C15H14BrN3O2/c1-10-4-5-13-11(7-10)3-2-6-18(13)15-14(19(20)21)8-12(16)9-17-15/h4-5,7-9H,2-3,6H2,1H3. The van der Waals surface area contributed by atoms with Gasteiger partial charge in [0.05, 0.1) is 4.92 Å². The summed E-state index contributed by atoms with van der Waals surface area (Å²) in [7, 11) is 0. The van der Waals surface area contributed by atoms with E-state index < -0.39 is 0 Å². The van der Waals surface area contributed by atoms with E-state index in [0.29, 0.717) is 10.3 Å². The SMILES string of the molecule is Cc1ccc2c(c1)CCCN2c1ncc(Br)cc1[N+](=O)[O-]. The number of halogens is 1. The van der Waals surface area contributed by atoms with Crippen LogP contribution in [0.3, 0.4) is 0 Å². The van der Waals surface area contributed by atoms with Gasteiger partial charge in [-0.25, -0.2) is 4.98 Å². The van der Waals surface area contributed by atoms with Crippen molar-refractivity contribution in [3.63, 3.8) is 0 Å². The van der Waals surface area contributed by atoms with Gasteiger partial charge in [0.1, 0.15) is 0 Å². The van der Waals surface area contributed by atoms with Gasteiger partial charge < -0.3 is 4.90 Å². The number of nitro groups is 1. The Kier molecular flexibility index (Phi) is 3.63. The molecule has 0 amide bonds. The lowest BCUT2D eigenvalue weighted by Crippen LogP contribution is -2.26. The molecule has 0 unspecified atom stereocenters. The minimum absolute atomic E-state index is 0.0257. The van der Waals surface area contributed by atoms with Crippen LogP contribution in [0.5, 0.6) is 0 Å². The molecule has 0 bridgehead atoms. The van der Waals surface area contributed by atoms with E-state index in [1.165, 1.54) is 17.2 Å². The highest BCUT2D eigenvalue weighted by atomic mass is 79.9. The Morgan fingerprint density at radius 1 is 1.38 bits per heavy atom. The molecule has 0 saturated carbocycles. The number of rotatable bonds is 2. The van der Waals surface area contributed by atoms with E-state index >= 15 is 0 Å². The maximum absolute atomic E-state index is 11.3. The fraction of sp³-hybridized carbons (Fsp3) is 0.267. The fourth-order valence-electron chi connectivity index (χ4n) is 2.71. The van der Waals surface area contributed by atoms with Gasteiger partial charge in [-0.15, -0.1) is 0 Å². The van der Waals surface area contributed by atoms with Gasteiger partial charge in [0, 0.05) is 29.0 Å². The third kappa shape index (κ3) is 2.63. The van der Waals surface area contributed by atoms with Crippen LogP contribution in [-0.2, 0) is 6.42 Å². The number of benzene rings is 1. The summed E-state index contributed by atoms with van der Waals surface area (Å²) in [6.45, 7) is 2.80. The van der Waals surface area contributed by atoms with Crippen LogP contribution in [0.15, 0.2) is 34.9 Å². The highest BCUT2D eigenvalue weighted by Gasteiger charge is 2.26. The molecule has 1 aliphatic rings. The highest BCUT2D eigenvalue weighted by molar-refractivity contribution is 9.10. The van der Waals surface area contributed by atoms with E-state index in [9.17, 15) is 10.1 Å². The number of fused-ring (bicyclic) bond motifs is 1. The molecule has 1 aliphatic heterocycles. The van der Waals surface area contributed by atoms with Crippen molar-refractivity contribution < 1.29 is 4.92 Å². The Bertz CT molecular complexity index is 718. The van der Waals surface area contributed by atoms with Gasteiger partial charge in [-0.3, -0.25) is 10.1 Å². The largest absolute Gasteiger partial charge is 0.320 e. The van der Waals surface area contributed by atoms with E-state index in [4.69, 9.17) is 0 Å². The van der Waals surface area contributed by atoms with Crippen LogP contribution in [-0.4, -0.2) is 16.5 Å². The number of anilines is 2. The first-order valence-electron chi connectivity index (χ1n) is 6.73. The Morgan fingerprint density at radius 3 is 2.95 bits per heavy atom. The van der Waals surface area contributed by atoms with Crippen molar-refractivity contribution in [2.24, 2.45) is 0 Å². The molecular weight excluding hydrogens is 334 g/mol. The van der Waals surface area contributed by atoms with E-state index in [1.54, 1.807) is 6.20 Å². The molecule has 2 aromatic rings. The maximum atomic E-state index is 11.3. The van der Waals surface area contributed by atoms with Crippen LogP contribution >= 0.6 is 15.9 Å². The maximum Gasteiger partial charge on any atom is 0.313 e. The smallest absolute Gasteiger partial charge is 0.313 e. The summed E-state index contributed by atoms with van der Waals surface area (Å²) in [5.74, 6) is 0.410. The summed E-state index contributed by atoms with van der Waals surface area (Å²) < 4.78 is 0.610. The van der Waals surface area contributed by atoms with Crippen molar-refractivity contribution in [3.8, 4) is 0 Å². The molecule has 0 spiro atoms. The fourth-order valence-corrected chi connectivity index (χ4v) is 3.03. The van der Waals surface area contributed by atoms with E-state index in [1.807, 2.05) is 17.0 Å². The van der Waals surface area contributed by atoms with Crippen molar-refractivity contribution in [1.82, 2.24) is 4.98 Å². The van der Waals surface area contributed by atoms with E-state index in [2.05, 4.69) is 33.9 Å². The monoisotopic (exact) mass is 347 g/mol. The number of hydrogen-bond donors (Lipinski definition) is 0. The number of pyridine rings is 1. The second-order valence-electron chi connectivity index (χ2n) is 5.14. The van der Waals surface area contributed by atoms with Crippen LogP contribution in [0.1, 0.15) is 17.5 Å². The summed E-state index contributed by atoms with van der Waals surface area (Å²) >= 11 is 3.24. The molecule has 1 aromatic heterocycles.